The summed E-state index contributed by atoms with van der Waals surface area (Å²) in [5.41, 5.74) is 5.26. The Morgan fingerprint density at radius 2 is 1.71 bits per heavy atom. The average Bonchev–Trinajstić information content (AvgIpc) is 2.50. The number of nitrogens with two attached hydrogens (primary N) is 1. The van der Waals surface area contributed by atoms with Crippen molar-refractivity contribution in [3.63, 3.8) is 0 Å². The Balaban J connectivity index is 0.00000400. The molecule has 0 spiro atoms. The molecule has 5 nitrogen and oxygen atoms in total. The Kier molecular flexibility index (Phi) is 9.62. The van der Waals surface area contributed by atoms with Gasteiger partial charge < -0.3 is 16.0 Å². The fourth-order valence-electron chi connectivity index (χ4n) is 2.72. The lowest BCUT2D eigenvalue weighted by Crippen LogP contribution is -2.46. The van der Waals surface area contributed by atoms with Crippen molar-refractivity contribution in [2.75, 3.05) is 26.2 Å². The van der Waals surface area contributed by atoms with Crippen molar-refractivity contribution >= 4 is 24.2 Å². The number of hydrogen-bond acceptors (Lipinski definition) is 3. The molecule has 0 saturated carbocycles. The normalized spacial score (nSPS) is 15.3. The van der Waals surface area contributed by atoms with Gasteiger partial charge in [-0.05, 0) is 32.1 Å². The molecule has 0 atom stereocenters. The molecular weight excluding hydrogens is 290 g/mol. The maximum atomic E-state index is 12.2. The van der Waals surface area contributed by atoms with Crippen LogP contribution in [-0.4, -0.2) is 42.9 Å². The number of likely N-dealkylation sites (tertiary alicyclic amines) is 1. The van der Waals surface area contributed by atoms with Crippen LogP contribution >= 0.6 is 12.4 Å². The minimum atomic E-state index is -0.478. The van der Waals surface area contributed by atoms with Gasteiger partial charge in [0.2, 0.25) is 11.8 Å². The SMILES string of the molecule is CCC(CC)(CN)C(=O)NCCC(=O)N1CCCCC1.Cl. The van der Waals surface area contributed by atoms with Gasteiger partial charge in [-0.15, -0.1) is 12.4 Å². The monoisotopic (exact) mass is 319 g/mol. The van der Waals surface area contributed by atoms with Gasteiger partial charge in [-0.2, -0.15) is 0 Å². The fraction of sp³-hybridized carbons (Fsp3) is 0.867. The molecule has 1 aliphatic heterocycles. The van der Waals surface area contributed by atoms with Crippen LogP contribution < -0.4 is 11.1 Å². The van der Waals surface area contributed by atoms with Crippen LogP contribution in [0.1, 0.15) is 52.4 Å². The first-order valence-corrected chi connectivity index (χ1v) is 7.85. The van der Waals surface area contributed by atoms with Crippen LogP contribution in [0.5, 0.6) is 0 Å². The van der Waals surface area contributed by atoms with E-state index in [1.807, 2.05) is 18.7 Å². The lowest BCUT2D eigenvalue weighted by Gasteiger charge is -2.29. The summed E-state index contributed by atoms with van der Waals surface area (Å²) in [6.45, 7) is 6.46. The first-order valence-electron chi connectivity index (χ1n) is 7.85. The van der Waals surface area contributed by atoms with Gasteiger partial charge in [-0.25, -0.2) is 0 Å². The number of nitrogens with zero attached hydrogens (tertiary/aromatic N) is 1. The maximum absolute atomic E-state index is 12.2. The fourth-order valence-corrected chi connectivity index (χ4v) is 2.72. The molecule has 3 N–H and O–H groups in total. The van der Waals surface area contributed by atoms with E-state index in [0.29, 0.717) is 19.5 Å². The summed E-state index contributed by atoms with van der Waals surface area (Å²) in [6, 6.07) is 0. The summed E-state index contributed by atoms with van der Waals surface area (Å²) in [5.74, 6) is 0.132. The molecule has 0 aromatic heterocycles. The van der Waals surface area contributed by atoms with Crippen LogP contribution in [0.25, 0.3) is 0 Å². The van der Waals surface area contributed by atoms with Gasteiger partial charge >= 0.3 is 0 Å². The van der Waals surface area contributed by atoms with E-state index < -0.39 is 5.41 Å². The number of halogens is 1. The number of hydrogen-bond donors (Lipinski definition) is 2. The Morgan fingerprint density at radius 1 is 1.14 bits per heavy atom. The number of amides is 2. The summed E-state index contributed by atoms with van der Waals surface area (Å²) in [6.07, 6.45) is 5.25. The van der Waals surface area contributed by atoms with Crippen molar-refractivity contribution in [2.24, 2.45) is 11.1 Å². The summed E-state index contributed by atoms with van der Waals surface area (Å²) < 4.78 is 0. The van der Waals surface area contributed by atoms with Crippen molar-refractivity contribution < 1.29 is 9.59 Å². The molecule has 0 bridgehead atoms. The minimum absolute atomic E-state index is 0. The third-order valence-corrected chi connectivity index (χ3v) is 4.56. The number of piperidine rings is 1. The van der Waals surface area contributed by atoms with Crippen molar-refractivity contribution in [1.29, 1.82) is 0 Å². The van der Waals surface area contributed by atoms with Crippen molar-refractivity contribution in [1.82, 2.24) is 10.2 Å². The van der Waals surface area contributed by atoms with E-state index in [1.165, 1.54) is 6.42 Å². The van der Waals surface area contributed by atoms with Crippen LogP contribution in [0.4, 0.5) is 0 Å². The van der Waals surface area contributed by atoms with Gasteiger partial charge in [0.15, 0.2) is 0 Å². The smallest absolute Gasteiger partial charge is 0.227 e. The van der Waals surface area contributed by atoms with E-state index in [0.717, 1.165) is 38.8 Å². The molecule has 1 fully saturated rings. The van der Waals surface area contributed by atoms with Gasteiger partial charge in [-0.1, -0.05) is 13.8 Å². The zero-order valence-corrected chi connectivity index (χ0v) is 14.1. The van der Waals surface area contributed by atoms with Gasteiger partial charge in [0.05, 0.1) is 5.41 Å². The molecular formula is C15H30ClN3O2. The Bertz CT molecular complexity index is 319. The summed E-state index contributed by atoms with van der Waals surface area (Å²) in [7, 11) is 0. The minimum Gasteiger partial charge on any atom is -0.355 e. The van der Waals surface area contributed by atoms with E-state index in [9.17, 15) is 9.59 Å². The molecule has 0 unspecified atom stereocenters. The molecule has 1 rings (SSSR count). The predicted octanol–water partition coefficient (Wildman–Crippen LogP) is 1.69. The number of carbonyl (C=O) groups excluding carboxylic acids is 2. The van der Waals surface area contributed by atoms with Crippen LogP contribution in [-0.2, 0) is 9.59 Å². The lowest BCUT2D eigenvalue weighted by atomic mass is 9.81. The van der Waals surface area contributed by atoms with E-state index >= 15 is 0 Å². The van der Waals surface area contributed by atoms with Gasteiger partial charge in [0.25, 0.3) is 0 Å². The van der Waals surface area contributed by atoms with Crippen LogP contribution in [0.2, 0.25) is 0 Å². The second kappa shape index (κ2) is 10.0. The highest BCUT2D eigenvalue weighted by Gasteiger charge is 2.33. The van der Waals surface area contributed by atoms with Crippen LogP contribution in [0, 0.1) is 5.41 Å². The van der Waals surface area contributed by atoms with Crippen LogP contribution in [0.3, 0.4) is 0 Å². The highest BCUT2D eigenvalue weighted by Crippen LogP contribution is 2.24. The molecule has 0 radical (unpaired) electrons. The average molecular weight is 320 g/mol. The number of carbonyl (C=O) groups is 2. The number of rotatable bonds is 7. The Morgan fingerprint density at radius 3 is 2.19 bits per heavy atom. The molecule has 124 valence electrons. The predicted molar refractivity (Wildman–Crippen MR) is 87.4 cm³/mol. The Labute approximate surface area is 134 Å². The van der Waals surface area contributed by atoms with Gasteiger partial charge in [0, 0.05) is 32.6 Å². The first-order chi connectivity index (χ1) is 9.59. The highest BCUT2D eigenvalue weighted by atomic mass is 35.5. The molecule has 1 aliphatic rings. The van der Waals surface area contributed by atoms with Crippen molar-refractivity contribution in [3.05, 3.63) is 0 Å². The molecule has 1 heterocycles. The van der Waals surface area contributed by atoms with Crippen molar-refractivity contribution in [2.45, 2.75) is 52.4 Å². The highest BCUT2D eigenvalue weighted by molar-refractivity contribution is 5.85. The maximum Gasteiger partial charge on any atom is 0.227 e. The van der Waals surface area contributed by atoms with E-state index in [1.54, 1.807) is 0 Å². The zero-order valence-electron chi connectivity index (χ0n) is 13.3. The molecule has 2 amide bonds. The van der Waals surface area contributed by atoms with Crippen molar-refractivity contribution in [3.8, 4) is 0 Å². The Hall–Kier alpha value is -0.810. The largest absolute Gasteiger partial charge is 0.355 e. The van der Waals surface area contributed by atoms with E-state index in [-0.39, 0.29) is 24.2 Å². The third-order valence-electron chi connectivity index (χ3n) is 4.56. The quantitative estimate of drug-likeness (QED) is 0.750. The second-order valence-corrected chi connectivity index (χ2v) is 5.64. The third kappa shape index (κ3) is 5.47. The summed E-state index contributed by atoms with van der Waals surface area (Å²) in [4.78, 5) is 26.1. The molecule has 21 heavy (non-hydrogen) atoms. The second-order valence-electron chi connectivity index (χ2n) is 5.64. The molecule has 0 aromatic carbocycles. The van der Waals surface area contributed by atoms with E-state index in [4.69, 9.17) is 5.73 Å². The summed E-state index contributed by atoms with van der Waals surface area (Å²) in [5, 5.41) is 2.88. The molecule has 0 aromatic rings. The molecule has 6 heteroatoms. The topological polar surface area (TPSA) is 75.4 Å². The molecule has 1 saturated heterocycles. The lowest BCUT2D eigenvalue weighted by molar-refractivity contribution is -0.133. The zero-order chi connectivity index (χ0) is 15.0. The first kappa shape index (κ1) is 20.2. The molecule has 0 aliphatic carbocycles. The number of nitrogens with one attached hydrogen (secondary N) is 1. The standard InChI is InChI=1S/C15H29N3O2.ClH/c1-3-15(4-2,12-16)14(20)17-9-8-13(19)18-10-6-5-7-11-18;/h3-12,16H2,1-2H3,(H,17,20);1H. The van der Waals surface area contributed by atoms with Gasteiger partial charge in [0.1, 0.15) is 0 Å². The van der Waals surface area contributed by atoms with Gasteiger partial charge in [-0.3, -0.25) is 9.59 Å². The summed E-state index contributed by atoms with van der Waals surface area (Å²) >= 11 is 0. The van der Waals surface area contributed by atoms with Crippen LogP contribution in [0.15, 0.2) is 0 Å². The van der Waals surface area contributed by atoms with E-state index in [2.05, 4.69) is 5.32 Å².